The van der Waals surface area contributed by atoms with Crippen LogP contribution in [0.15, 0.2) is 42.5 Å². The van der Waals surface area contributed by atoms with Gasteiger partial charge in [0.15, 0.2) is 0 Å². The van der Waals surface area contributed by atoms with Gasteiger partial charge in [0.2, 0.25) is 0 Å². The van der Waals surface area contributed by atoms with Gasteiger partial charge in [-0.1, -0.05) is 52.8 Å². The van der Waals surface area contributed by atoms with Gasteiger partial charge in [-0.25, -0.2) is 4.79 Å². The lowest BCUT2D eigenvalue weighted by Gasteiger charge is -2.46. The van der Waals surface area contributed by atoms with E-state index in [0.29, 0.717) is 25.2 Å². The van der Waals surface area contributed by atoms with Gasteiger partial charge < -0.3 is 20.2 Å². The number of carbonyl (C=O) groups excluding carboxylic acids is 1. The first-order valence-electron chi connectivity index (χ1n) is 10.8. The first-order chi connectivity index (χ1) is 14.5. The largest absolute Gasteiger partial charge is 0.465 e. The number of para-hydroxylation sites is 1. The minimum absolute atomic E-state index is 0.0447. The molecule has 0 saturated carbocycles. The normalized spacial score (nSPS) is 19.8. The molecule has 0 bridgehead atoms. The molecule has 2 aliphatic heterocycles. The Labute approximate surface area is 183 Å². The van der Waals surface area contributed by atoms with E-state index in [1.807, 2.05) is 51.1 Å². The van der Waals surface area contributed by atoms with Crippen LogP contribution < -0.4 is 5.32 Å². The molecule has 31 heavy (non-hydrogen) atoms. The number of benzene rings is 2. The lowest BCUT2D eigenvalue weighted by Crippen LogP contribution is -2.60. The molecule has 1 fully saturated rings. The van der Waals surface area contributed by atoms with Crippen LogP contribution in [0.3, 0.4) is 0 Å². The van der Waals surface area contributed by atoms with Crippen molar-refractivity contribution in [3.05, 3.63) is 59.2 Å². The molecule has 2 amide bonds. The number of nitrogens with one attached hydrogen (secondary N) is 1. The van der Waals surface area contributed by atoms with Crippen molar-refractivity contribution in [3.8, 4) is 0 Å². The molecule has 2 aromatic carbocycles. The maximum atomic E-state index is 13.4. The molecule has 2 N–H and O–H groups in total. The Morgan fingerprint density at radius 1 is 1.03 bits per heavy atom. The lowest BCUT2D eigenvalue weighted by atomic mass is 9.74. The van der Waals surface area contributed by atoms with E-state index >= 15 is 0 Å². The number of fused-ring (bicyclic) bond motifs is 2. The van der Waals surface area contributed by atoms with Crippen LogP contribution in [-0.2, 0) is 5.41 Å². The third-order valence-electron chi connectivity index (χ3n) is 6.72. The molecule has 1 saturated heterocycles. The quantitative estimate of drug-likeness (QED) is 0.685. The minimum Gasteiger partial charge on any atom is -0.465 e. The van der Waals surface area contributed by atoms with Crippen LogP contribution in [0.5, 0.6) is 0 Å². The summed E-state index contributed by atoms with van der Waals surface area (Å²) in [5, 5.41) is 13.1. The Morgan fingerprint density at radius 2 is 1.71 bits per heavy atom. The highest BCUT2D eigenvalue weighted by atomic mass is 16.4. The van der Waals surface area contributed by atoms with Crippen molar-refractivity contribution in [1.82, 2.24) is 9.80 Å². The summed E-state index contributed by atoms with van der Waals surface area (Å²) in [6.07, 6.45) is -0.924. The zero-order chi connectivity index (χ0) is 22.6. The van der Waals surface area contributed by atoms with Gasteiger partial charge in [0.1, 0.15) is 0 Å². The molecule has 0 aromatic heterocycles. The fourth-order valence-corrected chi connectivity index (χ4v) is 4.85. The number of nitrogens with zero attached hydrogens (tertiary/aromatic N) is 2. The SMILES string of the molecule is CC1(C)c2ccccc2Nc2ccc(C(=O)N3CCN(C(=O)O)C(C(C)(C)C)C3)cc21. The highest BCUT2D eigenvalue weighted by Crippen LogP contribution is 2.45. The fourth-order valence-electron chi connectivity index (χ4n) is 4.85. The van der Waals surface area contributed by atoms with E-state index < -0.39 is 6.09 Å². The number of hydrogen-bond acceptors (Lipinski definition) is 3. The molecule has 0 aliphatic carbocycles. The van der Waals surface area contributed by atoms with Gasteiger partial charge in [-0.3, -0.25) is 4.79 Å². The van der Waals surface area contributed by atoms with Gasteiger partial charge in [0.05, 0.1) is 6.04 Å². The van der Waals surface area contributed by atoms with Crippen LogP contribution in [0.1, 0.15) is 56.1 Å². The summed E-state index contributed by atoms with van der Waals surface area (Å²) in [5.41, 5.74) is 4.56. The summed E-state index contributed by atoms with van der Waals surface area (Å²) in [7, 11) is 0. The number of rotatable bonds is 1. The number of carboxylic acid groups (broad SMARTS) is 1. The second kappa shape index (κ2) is 7.29. The van der Waals surface area contributed by atoms with Gasteiger partial charge in [-0.15, -0.1) is 0 Å². The Balaban J connectivity index is 1.63. The van der Waals surface area contributed by atoms with Crippen molar-refractivity contribution in [2.45, 2.75) is 46.1 Å². The van der Waals surface area contributed by atoms with Crippen molar-refractivity contribution >= 4 is 23.4 Å². The van der Waals surface area contributed by atoms with Crippen molar-refractivity contribution < 1.29 is 14.7 Å². The summed E-state index contributed by atoms with van der Waals surface area (Å²) in [5.74, 6) is -0.0447. The molecule has 4 rings (SSSR count). The molecule has 1 atom stereocenters. The maximum Gasteiger partial charge on any atom is 0.407 e. The Hall–Kier alpha value is -3.02. The molecular formula is C25H31N3O3. The first-order valence-corrected chi connectivity index (χ1v) is 10.8. The molecule has 6 nitrogen and oxygen atoms in total. The van der Waals surface area contributed by atoms with E-state index in [4.69, 9.17) is 0 Å². The number of amides is 2. The molecule has 0 radical (unpaired) electrons. The number of hydrogen-bond donors (Lipinski definition) is 2. The van der Waals surface area contributed by atoms with Crippen LogP contribution in [-0.4, -0.2) is 52.6 Å². The molecule has 2 heterocycles. The minimum atomic E-state index is -0.924. The van der Waals surface area contributed by atoms with Gasteiger partial charge in [-0.2, -0.15) is 0 Å². The van der Waals surface area contributed by atoms with Crippen molar-refractivity contribution in [2.24, 2.45) is 5.41 Å². The van der Waals surface area contributed by atoms with Gasteiger partial charge in [0, 0.05) is 42.0 Å². The molecule has 6 heteroatoms. The van der Waals surface area contributed by atoms with Gasteiger partial charge in [0.25, 0.3) is 5.91 Å². The summed E-state index contributed by atoms with van der Waals surface area (Å²) >= 11 is 0. The molecule has 2 aliphatic rings. The molecule has 1 unspecified atom stereocenters. The summed E-state index contributed by atoms with van der Waals surface area (Å²) in [4.78, 5) is 28.4. The predicted octanol–water partition coefficient (Wildman–Crippen LogP) is 4.92. The summed E-state index contributed by atoms with van der Waals surface area (Å²) in [6, 6.07) is 13.9. The third-order valence-corrected chi connectivity index (χ3v) is 6.72. The zero-order valence-electron chi connectivity index (χ0n) is 18.9. The molecule has 0 spiro atoms. The summed E-state index contributed by atoms with van der Waals surface area (Å²) < 4.78 is 0. The van der Waals surface area contributed by atoms with E-state index in [2.05, 4.69) is 31.3 Å². The van der Waals surface area contributed by atoms with E-state index in [-0.39, 0.29) is 22.8 Å². The zero-order valence-corrected chi connectivity index (χ0v) is 18.9. The van der Waals surface area contributed by atoms with E-state index in [9.17, 15) is 14.7 Å². The summed E-state index contributed by atoms with van der Waals surface area (Å²) in [6.45, 7) is 11.6. The highest BCUT2D eigenvalue weighted by molar-refractivity contribution is 5.96. The maximum absolute atomic E-state index is 13.4. The number of piperazine rings is 1. The van der Waals surface area contributed by atoms with Crippen molar-refractivity contribution in [1.29, 1.82) is 0 Å². The monoisotopic (exact) mass is 421 g/mol. The topological polar surface area (TPSA) is 72.9 Å². The Bertz CT molecular complexity index is 1040. The smallest absolute Gasteiger partial charge is 0.407 e. The second-order valence-corrected chi connectivity index (χ2v) is 10.2. The standard InChI is InChI=1S/C25H31N3O3/c1-24(2,3)21-15-27(12-13-28(21)23(30)31)22(29)16-10-11-20-18(14-16)25(4,5)17-8-6-7-9-19(17)26-20/h6-11,14,21,26H,12-13,15H2,1-5H3,(H,30,31). The van der Waals surface area contributed by atoms with E-state index in [0.717, 1.165) is 16.9 Å². The second-order valence-electron chi connectivity index (χ2n) is 10.2. The van der Waals surface area contributed by atoms with Crippen LogP contribution in [0.4, 0.5) is 16.2 Å². The average Bonchev–Trinajstić information content (AvgIpc) is 2.72. The van der Waals surface area contributed by atoms with E-state index in [1.165, 1.54) is 10.5 Å². The van der Waals surface area contributed by atoms with Crippen LogP contribution in [0.25, 0.3) is 0 Å². The molecule has 2 aromatic rings. The van der Waals surface area contributed by atoms with E-state index in [1.54, 1.807) is 4.90 Å². The third kappa shape index (κ3) is 3.64. The van der Waals surface area contributed by atoms with Gasteiger partial charge in [-0.05, 0) is 40.8 Å². The average molecular weight is 422 g/mol. The van der Waals surface area contributed by atoms with Gasteiger partial charge >= 0.3 is 6.09 Å². The number of anilines is 2. The Morgan fingerprint density at radius 3 is 2.39 bits per heavy atom. The number of carbonyl (C=O) groups is 2. The molecule has 164 valence electrons. The first kappa shape index (κ1) is 21.2. The predicted molar refractivity (Wildman–Crippen MR) is 122 cm³/mol. The Kier molecular flexibility index (Phi) is 4.99. The highest BCUT2D eigenvalue weighted by Gasteiger charge is 2.40. The van der Waals surface area contributed by atoms with Crippen LogP contribution in [0, 0.1) is 5.41 Å². The molecular weight excluding hydrogens is 390 g/mol. The lowest BCUT2D eigenvalue weighted by molar-refractivity contribution is 0.0198. The fraction of sp³-hybridized carbons (Fsp3) is 0.440. The van der Waals surface area contributed by atoms with Crippen LogP contribution in [0.2, 0.25) is 0 Å². The van der Waals surface area contributed by atoms with Crippen molar-refractivity contribution in [2.75, 3.05) is 25.0 Å². The van der Waals surface area contributed by atoms with Crippen molar-refractivity contribution in [3.63, 3.8) is 0 Å². The van der Waals surface area contributed by atoms with Crippen LogP contribution >= 0.6 is 0 Å².